The fourth-order valence-corrected chi connectivity index (χ4v) is 4.79. The van der Waals surface area contributed by atoms with Crippen molar-refractivity contribution in [1.82, 2.24) is 19.5 Å². The third kappa shape index (κ3) is 4.10. The van der Waals surface area contributed by atoms with E-state index in [9.17, 15) is 4.39 Å². The van der Waals surface area contributed by atoms with Crippen molar-refractivity contribution in [3.63, 3.8) is 0 Å². The van der Waals surface area contributed by atoms with E-state index in [-0.39, 0.29) is 11.9 Å². The topological polar surface area (TPSA) is 71.3 Å². The molecule has 1 saturated heterocycles. The minimum absolute atomic E-state index is 0.239. The first-order valence-electron chi connectivity index (χ1n) is 10.3. The fraction of sp³-hybridized carbons (Fsp3) is 0.409. The summed E-state index contributed by atoms with van der Waals surface area (Å²) < 4.78 is 32.6. The number of ether oxygens (including phenoxy) is 2. The number of benzene rings is 1. The van der Waals surface area contributed by atoms with Gasteiger partial charge in [-0.1, -0.05) is 0 Å². The van der Waals surface area contributed by atoms with Gasteiger partial charge < -0.3 is 18.2 Å². The molecule has 1 spiro atoms. The molecular formula is C22H23FN4O3S. The van der Waals surface area contributed by atoms with Gasteiger partial charge in [0.25, 0.3) is 0 Å². The van der Waals surface area contributed by atoms with Gasteiger partial charge in [0.2, 0.25) is 5.16 Å². The molecule has 1 aliphatic carbocycles. The van der Waals surface area contributed by atoms with E-state index in [1.807, 2.05) is 12.4 Å². The van der Waals surface area contributed by atoms with Crippen LogP contribution in [0.15, 0.2) is 48.0 Å². The summed E-state index contributed by atoms with van der Waals surface area (Å²) in [6, 6.07) is 8.49. The largest absolute Gasteiger partial charge is 0.348 e. The Morgan fingerprint density at radius 2 is 1.84 bits per heavy atom. The molecule has 1 aliphatic heterocycles. The minimum Gasteiger partial charge on any atom is -0.348 e. The predicted molar refractivity (Wildman–Crippen MR) is 114 cm³/mol. The molecule has 3 aromatic rings. The lowest BCUT2D eigenvalue weighted by Gasteiger charge is -2.36. The van der Waals surface area contributed by atoms with Crippen molar-refractivity contribution in [2.45, 2.75) is 42.7 Å². The van der Waals surface area contributed by atoms with Crippen LogP contribution in [-0.2, 0) is 13.7 Å². The molecule has 0 radical (unpaired) electrons. The van der Waals surface area contributed by atoms with Crippen LogP contribution in [0.4, 0.5) is 4.39 Å². The van der Waals surface area contributed by atoms with E-state index in [2.05, 4.69) is 14.5 Å². The Balaban J connectivity index is 1.54. The number of aromatic nitrogens is 4. The third-order valence-corrected chi connectivity index (χ3v) is 6.38. The van der Waals surface area contributed by atoms with Crippen LogP contribution in [0.25, 0.3) is 22.6 Å². The Morgan fingerprint density at radius 1 is 1.10 bits per heavy atom. The van der Waals surface area contributed by atoms with E-state index >= 15 is 0 Å². The van der Waals surface area contributed by atoms with Crippen LogP contribution in [0.2, 0.25) is 0 Å². The Hall–Kier alpha value is -2.33. The van der Waals surface area contributed by atoms with Gasteiger partial charge in [0, 0.05) is 30.6 Å². The average Bonchev–Trinajstić information content (AvgIpc) is 3.43. The van der Waals surface area contributed by atoms with Gasteiger partial charge in [-0.2, -0.15) is 0 Å². The van der Waals surface area contributed by atoms with Crippen molar-refractivity contribution in [1.29, 1.82) is 0 Å². The van der Waals surface area contributed by atoms with E-state index < -0.39 is 5.79 Å². The molecule has 3 heterocycles. The van der Waals surface area contributed by atoms with Crippen molar-refractivity contribution in [2.24, 2.45) is 0 Å². The fourth-order valence-electron chi connectivity index (χ4n) is 4.40. The Kier molecular flexibility index (Phi) is 5.75. The number of halogens is 1. The highest BCUT2D eigenvalue weighted by Crippen LogP contribution is 2.43. The van der Waals surface area contributed by atoms with Crippen LogP contribution < -0.4 is 0 Å². The molecule has 2 fully saturated rings. The number of hydrogen-bond acceptors (Lipinski definition) is 7. The monoisotopic (exact) mass is 442 g/mol. The summed E-state index contributed by atoms with van der Waals surface area (Å²) >= 11 is 1.11. The van der Waals surface area contributed by atoms with Crippen LogP contribution in [0.5, 0.6) is 0 Å². The summed E-state index contributed by atoms with van der Waals surface area (Å²) in [6.45, 7) is 1.33. The third-order valence-electron chi connectivity index (χ3n) is 5.87. The second kappa shape index (κ2) is 8.66. The highest BCUT2D eigenvalue weighted by Gasteiger charge is 2.41. The van der Waals surface area contributed by atoms with Crippen LogP contribution >= 0.6 is 12.0 Å². The normalized spacial score (nSPS) is 18.6. The van der Waals surface area contributed by atoms with Crippen molar-refractivity contribution in [3.8, 4) is 22.6 Å². The zero-order valence-electron chi connectivity index (χ0n) is 17.2. The van der Waals surface area contributed by atoms with E-state index in [1.165, 1.54) is 12.1 Å². The smallest absolute Gasteiger partial charge is 0.215 e. The van der Waals surface area contributed by atoms with Gasteiger partial charge in [0.05, 0.1) is 55.8 Å². The first-order valence-corrected chi connectivity index (χ1v) is 11.1. The molecule has 0 bridgehead atoms. The van der Waals surface area contributed by atoms with Gasteiger partial charge in [-0.05, 0) is 43.2 Å². The quantitative estimate of drug-likeness (QED) is 0.420. The second-order valence-electron chi connectivity index (χ2n) is 7.67. The van der Waals surface area contributed by atoms with E-state index in [4.69, 9.17) is 18.6 Å². The molecule has 1 saturated carbocycles. The maximum absolute atomic E-state index is 13.5. The number of imidazole rings is 1. The van der Waals surface area contributed by atoms with Crippen LogP contribution in [0.1, 0.15) is 31.7 Å². The lowest BCUT2D eigenvalue weighted by molar-refractivity contribution is -0.181. The summed E-state index contributed by atoms with van der Waals surface area (Å²) in [7, 11) is 1.58. The lowest BCUT2D eigenvalue weighted by Crippen LogP contribution is -2.35. The second-order valence-corrected chi connectivity index (χ2v) is 8.53. The van der Waals surface area contributed by atoms with Gasteiger partial charge in [-0.15, -0.1) is 0 Å². The Bertz CT molecular complexity index is 1040. The van der Waals surface area contributed by atoms with Crippen LogP contribution in [0.3, 0.4) is 0 Å². The molecule has 0 atom stereocenters. The minimum atomic E-state index is -0.422. The highest BCUT2D eigenvalue weighted by molar-refractivity contribution is 7.94. The molecule has 2 aromatic heterocycles. The van der Waals surface area contributed by atoms with Crippen molar-refractivity contribution in [3.05, 3.63) is 48.7 Å². The number of hydrogen-bond donors (Lipinski definition) is 0. The van der Waals surface area contributed by atoms with Crippen molar-refractivity contribution in [2.75, 3.05) is 20.3 Å². The van der Waals surface area contributed by atoms with Gasteiger partial charge >= 0.3 is 0 Å². The maximum atomic E-state index is 13.5. The zero-order valence-corrected chi connectivity index (χ0v) is 18.0. The number of rotatable bonds is 5. The SMILES string of the molecule is COSc1nccc(-c2c(-c3ccc(F)cc3)ncn2C2CCC3(CC2)OCCO3)n1. The van der Waals surface area contributed by atoms with E-state index in [0.29, 0.717) is 18.4 Å². The van der Waals surface area contributed by atoms with Crippen molar-refractivity contribution >= 4 is 12.0 Å². The lowest BCUT2D eigenvalue weighted by atomic mass is 9.89. The molecule has 1 aromatic carbocycles. The molecule has 0 unspecified atom stereocenters. The molecule has 5 rings (SSSR count). The van der Waals surface area contributed by atoms with Gasteiger partial charge in [0.1, 0.15) is 5.82 Å². The first kappa shape index (κ1) is 20.6. The highest BCUT2D eigenvalue weighted by atomic mass is 32.2. The molecule has 0 N–H and O–H groups in total. The first-order chi connectivity index (χ1) is 15.2. The average molecular weight is 443 g/mol. The molecule has 0 amide bonds. The summed E-state index contributed by atoms with van der Waals surface area (Å²) in [5.74, 6) is -0.700. The summed E-state index contributed by atoms with van der Waals surface area (Å²) in [5, 5.41) is 0.521. The Morgan fingerprint density at radius 3 is 2.55 bits per heavy atom. The molecule has 9 heteroatoms. The zero-order chi connectivity index (χ0) is 21.3. The van der Waals surface area contributed by atoms with Gasteiger partial charge in [0.15, 0.2) is 5.79 Å². The predicted octanol–water partition coefficient (Wildman–Crippen LogP) is 4.66. The summed E-state index contributed by atoms with van der Waals surface area (Å²) in [4.78, 5) is 13.6. The maximum Gasteiger partial charge on any atom is 0.215 e. The van der Waals surface area contributed by atoms with E-state index in [1.54, 1.807) is 25.4 Å². The molecule has 7 nitrogen and oxygen atoms in total. The molecule has 31 heavy (non-hydrogen) atoms. The Labute approximate surface area is 184 Å². The van der Waals surface area contributed by atoms with Crippen molar-refractivity contribution < 1.29 is 18.0 Å². The molecule has 162 valence electrons. The standard InChI is InChI=1S/C22H23FN4O3S/c1-28-31-21-24-11-8-18(26-21)20-19(15-2-4-16(23)5-3-15)25-14-27(20)17-6-9-22(10-7-17)29-12-13-30-22/h2-5,8,11,14,17H,6-7,9-10,12-13H2,1H3. The molecular weight excluding hydrogens is 419 g/mol. The van der Waals surface area contributed by atoms with E-state index in [0.717, 1.165) is 60.4 Å². The summed E-state index contributed by atoms with van der Waals surface area (Å²) in [6.07, 6.45) is 7.09. The van der Waals surface area contributed by atoms with Gasteiger partial charge in [-0.3, -0.25) is 0 Å². The molecule has 2 aliphatic rings. The van der Waals surface area contributed by atoms with Gasteiger partial charge in [-0.25, -0.2) is 19.3 Å². The summed E-state index contributed by atoms with van der Waals surface area (Å²) in [5.41, 5.74) is 3.24. The number of nitrogens with zero attached hydrogens (tertiary/aromatic N) is 4. The van der Waals surface area contributed by atoms with Crippen LogP contribution in [0, 0.1) is 5.82 Å². The van der Waals surface area contributed by atoms with Crippen LogP contribution in [-0.4, -0.2) is 45.6 Å².